The first kappa shape index (κ1) is 17.9. The van der Waals surface area contributed by atoms with Gasteiger partial charge in [0.25, 0.3) is 5.91 Å². The monoisotopic (exact) mass is 380 g/mol. The lowest BCUT2D eigenvalue weighted by Crippen LogP contribution is -2.14. The van der Waals surface area contributed by atoms with Crippen molar-refractivity contribution < 1.29 is 18.0 Å². The quantitative estimate of drug-likeness (QED) is 0.732. The summed E-state index contributed by atoms with van der Waals surface area (Å²) in [5, 5.41) is 3.00. The van der Waals surface area contributed by atoms with E-state index in [0.29, 0.717) is 10.6 Å². The third kappa shape index (κ3) is 3.85. The Balaban J connectivity index is 1.87. The van der Waals surface area contributed by atoms with Crippen LogP contribution in [0.25, 0.3) is 11.4 Å². The molecule has 0 fully saturated rings. The highest BCUT2D eigenvalue weighted by Crippen LogP contribution is 2.29. The third-order valence-electron chi connectivity index (χ3n) is 3.49. The summed E-state index contributed by atoms with van der Waals surface area (Å²) >= 11 is 5.86. The molecule has 0 spiro atoms. The van der Waals surface area contributed by atoms with Crippen molar-refractivity contribution in [3.05, 3.63) is 64.9 Å². The highest BCUT2D eigenvalue weighted by molar-refractivity contribution is 6.31. The van der Waals surface area contributed by atoms with Crippen molar-refractivity contribution in [2.45, 2.75) is 6.18 Å². The molecular formula is C17H12ClF3N4O. The minimum atomic E-state index is -4.55. The van der Waals surface area contributed by atoms with Crippen molar-refractivity contribution in [2.75, 3.05) is 5.32 Å². The van der Waals surface area contributed by atoms with E-state index in [4.69, 9.17) is 11.6 Å². The van der Waals surface area contributed by atoms with Crippen LogP contribution in [0.1, 0.15) is 16.1 Å². The number of aromatic nitrogens is 3. The molecule has 0 unspecified atom stereocenters. The van der Waals surface area contributed by atoms with E-state index >= 15 is 0 Å². The molecule has 26 heavy (non-hydrogen) atoms. The van der Waals surface area contributed by atoms with Gasteiger partial charge in [0.2, 0.25) is 5.95 Å². The summed E-state index contributed by atoms with van der Waals surface area (Å²) in [5.41, 5.74) is -0.414. The number of nitrogens with one attached hydrogen (secondary N) is 1. The Morgan fingerprint density at radius 3 is 2.54 bits per heavy atom. The number of hydrogen-bond acceptors (Lipinski definition) is 3. The molecule has 9 heteroatoms. The van der Waals surface area contributed by atoms with Crippen LogP contribution in [0.5, 0.6) is 0 Å². The molecule has 1 N–H and O–H groups in total. The molecule has 3 rings (SSSR count). The fraction of sp³-hybridized carbons (Fsp3) is 0.118. The van der Waals surface area contributed by atoms with Gasteiger partial charge >= 0.3 is 6.18 Å². The molecule has 0 saturated heterocycles. The molecule has 2 aromatic heterocycles. The van der Waals surface area contributed by atoms with Gasteiger partial charge in [0.1, 0.15) is 11.4 Å². The number of carbonyl (C=O) groups excluding carboxylic acids is 1. The van der Waals surface area contributed by atoms with E-state index in [2.05, 4.69) is 15.3 Å². The molecule has 134 valence electrons. The number of halogens is 4. The molecule has 0 saturated carbocycles. The van der Waals surface area contributed by atoms with Crippen molar-refractivity contribution in [2.24, 2.45) is 7.05 Å². The number of nitrogens with zero attached hydrogens (tertiary/aromatic N) is 3. The zero-order valence-corrected chi connectivity index (χ0v) is 14.1. The molecule has 2 heterocycles. The number of rotatable bonds is 3. The molecule has 0 aliphatic rings. The predicted octanol–water partition coefficient (Wildman–Crippen LogP) is 4.41. The van der Waals surface area contributed by atoms with Crippen molar-refractivity contribution in [1.29, 1.82) is 0 Å². The van der Waals surface area contributed by atoms with Crippen LogP contribution in [0.15, 0.2) is 48.7 Å². The summed E-state index contributed by atoms with van der Waals surface area (Å²) in [4.78, 5) is 20.0. The smallest absolute Gasteiger partial charge is 0.320 e. The Labute approximate surface area is 151 Å². The van der Waals surface area contributed by atoms with E-state index in [-0.39, 0.29) is 17.3 Å². The molecule has 0 aliphatic heterocycles. The molecule has 0 radical (unpaired) electrons. The summed E-state index contributed by atoms with van der Waals surface area (Å²) in [6.45, 7) is 0. The van der Waals surface area contributed by atoms with Crippen LogP contribution < -0.4 is 5.32 Å². The van der Waals surface area contributed by atoms with E-state index < -0.39 is 17.8 Å². The average Bonchev–Trinajstić information content (AvgIpc) is 2.95. The number of aryl methyl sites for hydroxylation is 1. The Kier molecular flexibility index (Phi) is 4.69. The molecule has 0 aliphatic carbocycles. The van der Waals surface area contributed by atoms with E-state index in [0.717, 1.165) is 6.07 Å². The van der Waals surface area contributed by atoms with Crippen LogP contribution in [-0.4, -0.2) is 20.4 Å². The van der Waals surface area contributed by atoms with E-state index in [1.165, 1.54) is 29.0 Å². The first-order valence-electron chi connectivity index (χ1n) is 7.39. The largest absolute Gasteiger partial charge is 0.433 e. The molecule has 1 aromatic carbocycles. The van der Waals surface area contributed by atoms with Gasteiger partial charge in [-0.05, 0) is 30.3 Å². The highest BCUT2D eigenvalue weighted by Gasteiger charge is 2.32. The normalized spacial score (nSPS) is 11.4. The van der Waals surface area contributed by atoms with Gasteiger partial charge in [-0.3, -0.25) is 10.1 Å². The Hall–Kier alpha value is -2.87. The second kappa shape index (κ2) is 6.80. The van der Waals surface area contributed by atoms with Gasteiger partial charge in [0.15, 0.2) is 0 Å². The third-order valence-corrected chi connectivity index (χ3v) is 3.73. The van der Waals surface area contributed by atoms with Gasteiger partial charge in [-0.2, -0.15) is 13.2 Å². The van der Waals surface area contributed by atoms with Gasteiger partial charge in [-0.1, -0.05) is 23.7 Å². The van der Waals surface area contributed by atoms with Crippen LogP contribution in [0.4, 0.5) is 19.1 Å². The summed E-state index contributed by atoms with van der Waals surface area (Å²) in [6.07, 6.45) is -3.06. The number of carbonyl (C=O) groups is 1. The van der Waals surface area contributed by atoms with E-state index in [1.807, 2.05) is 0 Å². The van der Waals surface area contributed by atoms with Crippen LogP contribution in [0.3, 0.4) is 0 Å². The second-order valence-electron chi connectivity index (χ2n) is 5.43. The van der Waals surface area contributed by atoms with Crippen LogP contribution in [0.2, 0.25) is 5.02 Å². The molecule has 0 atom stereocenters. The fourth-order valence-corrected chi connectivity index (χ4v) is 2.43. The maximum absolute atomic E-state index is 12.8. The van der Waals surface area contributed by atoms with E-state index in [9.17, 15) is 18.0 Å². The van der Waals surface area contributed by atoms with Crippen molar-refractivity contribution in [3.63, 3.8) is 0 Å². The Morgan fingerprint density at radius 2 is 1.85 bits per heavy atom. The second-order valence-corrected chi connectivity index (χ2v) is 5.87. The van der Waals surface area contributed by atoms with Gasteiger partial charge in [-0.25, -0.2) is 9.97 Å². The fourth-order valence-electron chi connectivity index (χ4n) is 2.24. The Morgan fingerprint density at radius 1 is 1.12 bits per heavy atom. The maximum atomic E-state index is 12.8. The standard InChI is InChI=1S/C17H12ClF3N4O/c1-25-9-13(12-6-3-7-14(22-12)17(19,20)21)23-16(25)24-15(26)10-4-2-5-11(18)8-10/h2-9H,1H3,(H,23,24,26). The molecule has 3 aromatic rings. The molecule has 1 amide bonds. The van der Waals surface area contributed by atoms with Gasteiger partial charge in [-0.15, -0.1) is 0 Å². The minimum Gasteiger partial charge on any atom is -0.320 e. The van der Waals surface area contributed by atoms with Gasteiger partial charge < -0.3 is 4.57 Å². The number of pyridine rings is 1. The number of imidazole rings is 1. The highest BCUT2D eigenvalue weighted by atomic mass is 35.5. The summed E-state index contributed by atoms with van der Waals surface area (Å²) in [5.74, 6) is -0.270. The number of amides is 1. The van der Waals surface area contributed by atoms with Crippen molar-refractivity contribution in [3.8, 4) is 11.4 Å². The summed E-state index contributed by atoms with van der Waals surface area (Å²) in [6, 6.07) is 9.90. The number of hydrogen-bond donors (Lipinski definition) is 1. The van der Waals surface area contributed by atoms with Crippen LogP contribution >= 0.6 is 11.6 Å². The lowest BCUT2D eigenvalue weighted by atomic mass is 10.2. The van der Waals surface area contributed by atoms with Crippen molar-refractivity contribution in [1.82, 2.24) is 14.5 Å². The lowest BCUT2D eigenvalue weighted by Gasteiger charge is -2.06. The van der Waals surface area contributed by atoms with Gasteiger partial charge in [0, 0.05) is 23.8 Å². The number of anilines is 1. The van der Waals surface area contributed by atoms with Crippen LogP contribution in [-0.2, 0) is 13.2 Å². The minimum absolute atomic E-state index is 0.0543. The van der Waals surface area contributed by atoms with Gasteiger partial charge in [0.05, 0.1) is 5.69 Å². The van der Waals surface area contributed by atoms with Crippen LogP contribution in [0, 0.1) is 0 Å². The average molecular weight is 381 g/mol. The SMILES string of the molecule is Cn1cc(-c2cccc(C(F)(F)F)n2)nc1NC(=O)c1cccc(Cl)c1. The predicted molar refractivity (Wildman–Crippen MR) is 90.8 cm³/mol. The summed E-state index contributed by atoms with van der Waals surface area (Å²) in [7, 11) is 1.61. The zero-order valence-electron chi connectivity index (χ0n) is 13.4. The zero-order chi connectivity index (χ0) is 18.9. The summed E-state index contributed by atoms with van der Waals surface area (Å²) < 4.78 is 39.9. The van der Waals surface area contributed by atoms with E-state index in [1.54, 1.807) is 25.2 Å². The number of alkyl halides is 3. The topological polar surface area (TPSA) is 59.8 Å². The molecule has 0 bridgehead atoms. The maximum Gasteiger partial charge on any atom is 0.433 e. The first-order chi connectivity index (χ1) is 12.2. The van der Waals surface area contributed by atoms with Crippen molar-refractivity contribution >= 4 is 23.5 Å². The Bertz CT molecular complexity index is 969. The molecule has 5 nitrogen and oxygen atoms in total. The first-order valence-corrected chi connectivity index (χ1v) is 7.77. The number of benzene rings is 1. The molecular weight excluding hydrogens is 369 g/mol. The lowest BCUT2D eigenvalue weighted by molar-refractivity contribution is -0.141.